The Labute approximate surface area is 281 Å². The summed E-state index contributed by atoms with van der Waals surface area (Å²) in [6, 6.07) is 0.875. The molecule has 0 aromatic carbocycles. The minimum absolute atomic E-state index is 0.0300. The minimum Gasteiger partial charge on any atom is -0.387 e. The predicted octanol–water partition coefficient (Wildman–Crippen LogP) is -3.32. The van der Waals surface area contributed by atoms with Crippen molar-refractivity contribution in [2.24, 2.45) is 0 Å². The van der Waals surface area contributed by atoms with Crippen LogP contribution < -0.4 is 17.0 Å². The lowest BCUT2D eigenvalue weighted by Gasteiger charge is -2.23. The molecule has 2 aliphatic rings. The summed E-state index contributed by atoms with van der Waals surface area (Å²) in [5.41, 5.74) is 3.95. The number of aliphatic hydroxyl groups excluding tert-OH is 4. The van der Waals surface area contributed by atoms with Gasteiger partial charge in [0, 0.05) is 12.3 Å². The summed E-state index contributed by atoms with van der Waals surface area (Å²) >= 11 is 0. The number of hydrogen-bond donors (Lipinski definition) is 10. The zero-order valence-electron chi connectivity index (χ0n) is 24.8. The Bertz CT molecular complexity index is 2070. The quantitative estimate of drug-likeness (QED) is 0.0712. The molecule has 3 unspecified atom stereocenters. The number of imidazole rings is 1. The SMILES string of the molecule is Nc1ncnc2c1ncn2[C@@H]1O[C@H](COP(=O)(OP(=O)(O)O)OP(=O)(O)OP(=O)(O)OC[C@H]2O[C@@H](n3ccc(=O)[nH]c3=O)[C@H](O)[C@@H]2O)[C@@H](O)[C@H]1O. The van der Waals surface area contributed by atoms with Crippen LogP contribution in [0.1, 0.15) is 12.5 Å². The summed E-state index contributed by atoms with van der Waals surface area (Å²) in [6.45, 7) is -2.47. The molecule has 5 rings (SSSR count). The minimum atomic E-state index is -6.27. The molecular weight excluding hydrogens is 786 g/mol. The molecule has 3 aromatic heterocycles. The van der Waals surface area contributed by atoms with Crippen molar-refractivity contribution in [1.29, 1.82) is 0 Å². The zero-order valence-corrected chi connectivity index (χ0v) is 28.4. The Kier molecular flexibility index (Phi) is 11.4. The van der Waals surface area contributed by atoms with Gasteiger partial charge in [-0.3, -0.25) is 28.0 Å². The molecule has 5 heterocycles. The molecule has 2 saturated heterocycles. The largest absolute Gasteiger partial charge is 0.492 e. The van der Waals surface area contributed by atoms with Crippen molar-refractivity contribution in [3.05, 3.63) is 45.8 Å². The van der Waals surface area contributed by atoms with Gasteiger partial charge in [-0.25, -0.2) is 38.0 Å². The molecule has 51 heavy (non-hydrogen) atoms. The van der Waals surface area contributed by atoms with E-state index in [1.54, 1.807) is 0 Å². The third-order valence-electron chi connectivity index (χ3n) is 6.88. The highest BCUT2D eigenvalue weighted by molar-refractivity contribution is 7.69. The van der Waals surface area contributed by atoms with Crippen LogP contribution in [0.5, 0.6) is 0 Å². The fourth-order valence-corrected chi connectivity index (χ4v) is 9.80. The molecule has 11 N–H and O–H groups in total. The van der Waals surface area contributed by atoms with E-state index < -0.39 is 105 Å². The van der Waals surface area contributed by atoms with Crippen LogP contribution >= 0.6 is 31.3 Å². The molecule has 284 valence electrons. The molecule has 0 amide bonds. The van der Waals surface area contributed by atoms with Crippen LogP contribution in [0.2, 0.25) is 0 Å². The number of rotatable bonds is 14. The van der Waals surface area contributed by atoms with E-state index >= 15 is 0 Å². The summed E-state index contributed by atoms with van der Waals surface area (Å²) in [4.78, 5) is 75.3. The molecule has 0 bridgehead atoms. The van der Waals surface area contributed by atoms with E-state index in [-0.39, 0.29) is 17.0 Å². The van der Waals surface area contributed by atoms with Gasteiger partial charge in [0.15, 0.2) is 23.9 Å². The van der Waals surface area contributed by atoms with Gasteiger partial charge in [-0.2, -0.15) is 12.9 Å². The summed E-state index contributed by atoms with van der Waals surface area (Å²) in [5.74, 6) is -0.0506. The molecule has 0 aliphatic carbocycles. The molecule has 28 nitrogen and oxygen atoms in total. The van der Waals surface area contributed by atoms with Crippen molar-refractivity contribution in [2.45, 2.75) is 49.1 Å². The fraction of sp³-hybridized carbons (Fsp3) is 0.526. The lowest BCUT2D eigenvalue weighted by molar-refractivity contribution is -0.0543. The molecular formula is C19H27N7O21P4. The Hall–Kier alpha value is -2.65. The van der Waals surface area contributed by atoms with Crippen LogP contribution in [0.15, 0.2) is 34.5 Å². The highest BCUT2D eigenvalue weighted by atomic mass is 31.3. The van der Waals surface area contributed by atoms with Crippen LogP contribution in [-0.4, -0.2) is 119 Å². The number of H-pyrrole nitrogens is 1. The van der Waals surface area contributed by atoms with Crippen molar-refractivity contribution in [2.75, 3.05) is 18.9 Å². The van der Waals surface area contributed by atoms with Crippen molar-refractivity contribution >= 4 is 48.3 Å². The Morgan fingerprint density at radius 3 is 1.96 bits per heavy atom. The summed E-state index contributed by atoms with van der Waals surface area (Å²) in [7, 11) is -24.1. The van der Waals surface area contributed by atoms with E-state index in [4.69, 9.17) is 15.2 Å². The highest BCUT2D eigenvalue weighted by Crippen LogP contribution is 2.72. The smallest absolute Gasteiger partial charge is 0.387 e. The number of nitrogens with zero attached hydrogens (tertiary/aromatic N) is 5. The third-order valence-corrected chi connectivity index (χ3v) is 12.7. The van der Waals surface area contributed by atoms with Crippen molar-refractivity contribution in [3.8, 4) is 0 Å². The van der Waals surface area contributed by atoms with Gasteiger partial charge in [0.2, 0.25) is 0 Å². The first kappa shape index (κ1) is 39.6. The van der Waals surface area contributed by atoms with Crippen LogP contribution in [0.3, 0.4) is 0 Å². The third kappa shape index (κ3) is 9.12. The Morgan fingerprint density at radius 1 is 0.784 bits per heavy atom. The predicted molar refractivity (Wildman–Crippen MR) is 157 cm³/mol. The number of fused-ring (bicyclic) bond motifs is 1. The monoisotopic (exact) mass is 813 g/mol. The molecule has 0 radical (unpaired) electrons. The normalized spacial score (nSPS) is 30.6. The number of aliphatic hydroxyl groups is 4. The number of anilines is 1. The number of ether oxygens (including phenoxy) is 2. The maximum absolute atomic E-state index is 13.1. The summed E-state index contributed by atoms with van der Waals surface area (Å²) in [5, 5.41) is 41.6. The lowest BCUT2D eigenvalue weighted by Crippen LogP contribution is -2.37. The first-order valence-electron chi connectivity index (χ1n) is 13.6. The van der Waals surface area contributed by atoms with Gasteiger partial charge in [-0.1, -0.05) is 0 Å². The van der Waals surface area contributed by atoms with Crippen molar-refractivity contribution < 1.29 is 89.7 Å². The molecule has 2 fully saturated rings. The average Bonchev–Trinajstić information content (AvgIpc) is 3.64. The zero-order chi connectivity index (χ0) is 37.7. The number of nitrogens with two attached hydrogens (primary N) is 1. The van der Waals surface area contributed by atoms with E-state index in [0.29, 0.717) is 4.57 Å². The van der Waals surface area contributed by atoms with Crippen LogP contribution in [0.25, 0.3) is 11.2 Å². The van der Waals surface area contributed by atoms with Gasteiger partial charge >= 0.3 is 37.0 Å². The van der Waals surface area contributed by atoms with Gasteiger partial charge in [-0.05, 0) is 0 Å². The van der Waals surface area contributed by atoms with E-state index in [0.717, 1.165) is 29.5 Å². The topological polar surface area (TPSA) is 419 Å². The second-order valence-electron chi connectivity index (χ2n) is 10.4. The number of aromatic amines is 1. The Morgan fingerprint density at radius 2 is 1.37 bits per heavy atom. The van der Waals surface area contributed by atoms with Crippen molar-refractivity contribution in [1.82, 2.24) is 29.1 Å². The standard InChI is InChI=1S/C19H27N7O21P4/c20-15-10-16(22-5-21-15)26(6-23-10)18-14(31)12(29)8(44-18)4-42-51(40,45-48(33,34)35)47-50(38,39)46-49(36,37)41-3-7-11(28)13(30)17(43-7)25-2-1-9(27)24-19(25)32/h1-2,5-8,11-14,17-18,28-31H,3-4H2,(H,36,37)(H,38,39)(H2,20,21,22)(H,24,27,32)(H2,33,34,35)/t7-,8-,11-,12-,13-,14-,17-,18-,51?/m1/s1. The Balaban J connectivity index is 1.23. The summed E-state index contributed by atoms with van der Waals surface area (Å²) < 4.78 is 83.2. The van der Waals surface area contributed by atoms with Gasteiger partial charge < -0.3 is 55.2 Å². The first-order chi connectivity index (χ1) is 23.6. The molecule has 32 heteroatoms. The lowest BCUT2D eigenvalue weighted by atomic mass is 10.1. The maximum atomic E-state index is 13.1. The molecule has 0 saturated carbocycles. The first-order valence-corrected chi connectivity index (χ1v) is 19.6. The van der Waals surface area contributed by atoms with Crippen molar-refractivity contribution in [3.63, 3.8) is 0 Å². The second kappa shape index (κ2) is 14.6. The molecule has 3 aromatic rings. The van der Waals surface area contributed by atoms with E-state index in [1.807, 2.05) is 4.98 Å². The average molecular weight is 813 g/mol. The number of phosphoric acid groups is 4. The highest BCUT2D eigenvalue weighted by Gasteiger charge is 2.51. The van der Waals surface area contributed by atoms with Crippen LogP contribution in [0, 0.1) is 0 Å². The van der Waals surface area contributed by atoms with Crippen LogP contribution in [0.4, 0.5) is 5.82 Å². The fourth-order valence-electron chi connectivity index (χ4n) is 4.70. The summed E-state index contributed by atoms with van der Waals surface area (Å²) in [6.07, 6.45) is -11.1. The second-order valence-corrected chi connectivity index (χ2v) is 16.6. The molecule has 2 aliphatic heterocycles. The number of nitrogens with one attached hydrogen (secondary N) is 1. The van der Waals surface area contributed by atoms with Crippen LogP contribution in [-0.2, 0) is 49.7 Å². The van der Waals surface area contributed by atoms with Gasteiger partial charge in [0.05, 0.1) is 19.5 Å². The number of aromatic nitrogens is 6. The molecule has 0 spiro atoms. The van der Waals surface area contributed by atoms with E-state index in [1.165, 1.54) is 0 Å². The van der Waals surface area contributed by atoms with E-state index in [9.17, 15) is 67.8 Å². The number of hydrogen-bond acceptors (Lipinski definition) is 21. The van der Waals surface area contributed by atoms with Gasteiger partial charge in [0.25, 0.3) is 5.56 Å². The maximum Gasteiger partial charge on any atom is 0.492 e. The van der Waals surface area contributed by atoms with E-state index in [2.05, 4.69) is 36.9 Å². The number of phosphoric ester groups is 1. The molecule has 11 atom stereocenters. The van der Waals surface area contributed by atoms with Gasteiger partial charge in [-0.15, -0.1) is 0 Å². The number of nitrogen functional groups attached to an aromatic ring is 1. The van der Waals surface area contributed by atoms with Gasteiger partial charge in [0.1, 0.15) is 48.5 Å².